The van der Waals surface area contributed by atoms with Crippen LogP contribution >= 0.6 is 11.3 Å². The minimum atomic E-state index is -0.172. The van der Waals surface area contributed by atoms with Crippen LogP contribution in [0.2, 0.25) is 0 Å². The third-order valence-corrected chi connectivity index (χ3v) is 9.75. The highest BCUT2D eigenvalue weighted by Gasteiger charge is 2.41. The standard InChI is InChI=1S/C37H25N3S/c1-37(2)29-21-25-13-7-6-12-24(25)20-28(29)32-31(37)27-17-16-22-18-19-41-34(22)33(27)40(32)36-26-14-8-9-15-30(26)38-35(39-36)23-10-4-3-5-11-23/h3-21H,1-2H3. The van der Waals surface area contributed by atoms with Crippen LogP contribution in [-0.4, -0.2) is 14.5 Å². The molecule has 41 heavy (non-hydrogen) atoms. The summed E-state index contributed by atoms with van der Waals surface area (Å²) in [5, 5.41) is 8.34. The molecule has 0 atom stereocenters. The molecule has 9 rings (SSSR count). The van der Waals surface area contributed by atoms with Crippen molar-refractivity contribution in [1.29, 1.82) is 0 Å². The monoisotopic (exact) mass is 543 g/mol. The molecule has 1 aliphatic rings. The van der Waals surface area contributed by atoms with Gasteiger partial charge in [-0.05, 0) is 63.0 Å². The van der Waals surface area contributed by atoms with Crippen molar-refractivity contribution in [3.8, 4) is 28.5 Å². The molecular formula is C37H25N3S. The first-order chi connectivity index (χ1) is 20.1. The molecule has 0 spiro atoms. The predicted molar refractivity (Wildman–Crippen MR) is 172 cm³/mol. The largest absolute Gasteiger partial charge is 0.291 e. The second-order valence-corrected chi connectivity index (χ2v) is 12.4. The Morgan fingerprint density at radius 3 is 2.29 bits per heavy atom. The highest BCUT2D eigenvalue weighted by molar-refractivity contribution is 7.18. The molecule has 4 heteroatoms. The van der Waals surface area contributed by atoms with Crippen LogP contribution in [0, 0.1) is 0 Å². The second-order valence-electron chi connectivity index (χ2n) is 11.5. The van der Waals surface area contributed by atoms with E-state index in [9.17, 15) is 0 Å². The van der Waals surface area contributed by atoms with Crippen molar-refractivity contribution in [2.24, 2.45) is 0 Å². The first-order valence-corrected chi connectivity index (χ1v) is 14.9. The van der Waals surface area contributed by atoms with E-state index in [4.69, 9.17) is 9.97 Å². The lowest BCUT2D eigenvalue weighted by molar-refractivity contribution is 0.667. The molecule has 5 aromatic carbocycles. The van der Waals surface area contributed by atoms with Gasteiger partial charge in [-0.2, -0.15) is 0 Å². The summed E-state index contributed by atoms with van der Waals surface area (Å²) >= 11 is 1.81. The van der Waals surface area contributed by atoms with Gasteiger partial charge >= 0.3 is 0 Å². The number of rotatable bonds is 2. The highest BCUT2D eigenvalue weighted by Crippen LogP contribution is 2.56. The van der Waals surface area contributed by atoms with E-state index in [0.29, 0.717) is 0 Å². The van der Waals surface area contributed by atoms with E-state index in [1.165, 1.54) is 54.1 Å². The average Bonchev–Trinajstić information content (AvgIpc) is 3.68. The Balaban J connectivity index is 1.50. The predicted octanol–water partition coefficient (Wildman–Crippen LogP) is 9.91. The summed E-state index contributed by atoms with van der Waals surface area (Å²) < 4.78 is 3.75. The number of thiophene rings is 1. The van der Waals surface area contributed by atoms with Crippen LogP contribution in [0.4, 0.5) is 0 Å². The molecule has 8 aromatic rings. The van der Waals surface area contributed by atoms with Gasteiger partial charge in [0.05, 0.1) is 21.4 Å². The number of nitrogens with zero attached hydrogens (tertiary/aromatic N) is 3. The quantitative estimate of drug-likeness (QED) is 0.217. The van der Waals surface area contributed by atoms with E-state index in [1.54, 1.807) is 0 Å². The Morgan fingerprint density at radius 1 is 0.683 bits per heavy atom. The molecule has 0 amide bonds. The van der Waals surface area contributed by atoms with E-state index < -0.39 is 0 Å². The van der Waals surface area contributed by atoms with Crippen LogP contribution in [0.15, 0.2) is 115 Å². The lowest BCUT2D eigenvalue weighted by atomic mass is 9.81. The molecule has 194 valence electrons. The number of para-hydroxylation sites is 1. The molecular weight excluding hydrogens is 518 g/mol. The van der Waals surface area contributed by atoms with Gasteiger partial charge in [0, 0.05) is 27.3 Å². The zero-order valence-corrected chi connectivity index (χ0v) is 23.5. The van der Waals surface area contributed by atoms with Crippen LogP contribution < -0.4 is 0 Å². The molecule has 3 nitrogen and oxygen atoms in total. The fraction of sp³-hybridized carbons (Fsp3) is 0.0811. The van der Waals surface area contributed by atoms with E-state index in [2.05, 4.69) is 127 Å². The number of fused-ring (bicyclic) bond motifs is 9. The molecule has 0 aliphatic heterocycles. The molecule has 0 unspecified atom stereocenters. The first-order valence-electron chi connectivity index (χ1n) is 14.0. The number of benzene rings is 5. The summed E-state index contributed by atoms with van der Waals surface area (Å²) in [5.41, 5.74) is 8.29. The van der Waals surface area contributed by atoms with Gasteiger partial charge < -0.3 is 0 Å². The van der Waals surface area contributed by atoms with Gasteiger partial charge in [0.2, 0.25) is 0 Å². The second kappa shape index (κ2) is 8.12. The molecule has 0 saturated heterocycles. The van der Waals surface area contributed by atoms with Gasteiger partial charge in [-0.15, -0.1) is 11.3 Å². The van der Waals surface area contributed by atoms with Crippen LogP contribution in [0.5, 0.6) is 0 Å². The van der Waals surface area contributed by atoms with Crippen molar-refractivity contribution in [3.63, 3.8) is 0 Å². The van der Waals surface area contributed by atoms with Gasteiger partial charge in [0.1, 0.15) is 5.82 Å². The molecule has 0 fully saturated rings. The molecule has 3 heterocycles. The van der Waals surface area contributed by atoms with Gasteiger partial charge in [0.15, 0.2) is 5.82 Å². The van der Waals surface area contributed by atoms with E-state index in [0.717, 1.165) is 28.1 Å². The summed E-state index contributed by atoms with van der Waals surface area (Å²) in [7, 11) is 0. The Hall–Kier alpha value is -4.80. The normalized spacial score (nSPS) is 13.8. The Kier molecular flexibility index (Phi) is 4.55. The lowest BCUT2D eigenvalue weighted by Gasteiger charge is -2.22. The number of aromatic nitrogens is 3. The average molecular weight is 544 g/mol. The Labute approximate surface area is 241 Å². The van der Waals surface area contributed by atoms with Crippen molar-refractivity contribution in [3.05, 3.63) is 126 Å². The zero-order valence-electron chi connectivity index (χ0n) is 22.7. The maximum Gasteiger partial charge on any atom is 0.162 e. The molecule has 3 aromatic heterocycles. The van der Waals surface area contributed by atoms with Crippen molar-refractivity contribution < 1.29 is 0 Å². The maximum absolute atomic E-state index is 5.37. The summed E-state index contributed by atoms with van der Waals surface area (Å²) in [6.07, 6.45) is 0. The highest BCUT2D eigenvalue weighted by atomic mass is 32.1. The van der Waals surface area contributed by atoms with Gasteiger partial charge in [-0.25, -0.2) is 9.97 Å². The molecule has 0 radical (unpaired) electrons. The van der Waals surface area contributed by atoms with Gasteiger partial charge in [-0.1, -0.05) is 92.7 Å². The van der Waals surface area contributed by atoms with E-state index >= 15 is 0 Å². The van der Waals surface area contributed by atoms with Crippen molar-refractivity contribution in [2.75, 3.05) is 0 Å². The minimum absolute atomic E-state index is 0.172. The van der Waals surface area contributed by atoms with Crippen molar-refractivity contribution >= 4 is 54.0 Å². The fourth-order valence-corrected chi connectivity index (χ4v) is 7.86. The molecule has 0 bridgehead atoms. The number of hydrogen-bond donors (Lipinski definition) is 0. The maximum atomic E-state index is 5.37. The first kappa shape index (κ1) is 23.0. The fourth-order valence-electron chi connectivity index (χ4n) is 6.93. The topological polar surface area (TPSA) is 30.7 Å². The summed E-state index contributed by atoms with van der Waals surface area (Å²) in [6, 6.07) is 39.1. The van der Waals surface area contributed by atoms with Crippen molar-refractivity contribution in [1.82, 2.24) is 14.5 Å². The zero-order chi connectivity index (χ0) is 27.3. The summed E-state index contributed by atoms with van der Waals surface area (Å²) in [6.45, 7) is 4.75. The third kappa shape index (κ3) is 3.08. The van der Waals surface area contributed by atoms with Crippen LogP contribution in [0.1, 0.15) is 25.0 Å². The van der Waals surface area contributed by atoms with Crippen LogP contribution in [0.25, 0.3) is 71.1 Å². The molecule has 0 saturated carbocycles. The van der Waals surface area contributed by atoms with Crippen LogP contribution in [-0.2, 0) is 5.41 Å². The molecule has 1 aliphatic carbocycles. The minimum Gasteiger partial charge on any atom is -0.291 e. The Bertz CT molecular complexity index is 2340. The Morgan fingerprint density at radius 2 is 1.44 bits per heavy atom. The number of hydrogen-bond acceptors (Lipinski definition) is 3. The smallest absolute Gasteiger partial charge is 0.162 e. The summed E-state index contributed by atoms with van der Waals surface area (Å²) in [4.78, 5) is 10.4. The lowest BCUT2D eigenvalue weighted by Crippen LogP contribution is -2.14. The van der Waals surface area contributed by atoms with E-state index in [-0.39, 0.29) is 5.41 Å². The van der Waals surface area contributed by atoms with Crippen LogP contribution in [0.3, 0.4) is 0 Å². The SMILES string of the molecule is CC1(C)c2cc3ccccc3cc2-c2c1c1ccc3ccsc3c1n2-c1nc(-c2ccccc2)nc2ccccc12. The molecule has 0 N–H and O–H groups in total. The van der Waals surface area contributed by atoms with Crippen molar-refractivity contribution in [2.45, 2.75) is 19.3 Å². The third-order valence-electron chi connectivity index (χ3n) is 8.82. The van der Waals surface area contributed by atoms with Gasteiger partial charge in [0.25, 0.3) is 0 Å². The van der Waals surface area contributed by atoms with Gasteiger partial charge in [-0.3, -0.25) is 4.57 Å². The van der Waals surface area contributed by atoms with E-state index in [1.807, 2.05) is 17.4 Å². The summed E-state index contributed by atoms with van der Waals surface area (Å²) in [5.74, 6) is 1.67.